The monoisotopic (exact) mass is 320 g/mol. The summed E-state index contributed by atoms with van der Waals surface area (Å²) in [5.74, 6) is 0.0779. The highest BCUT2D eigenvalue weighted by molar-refractivity contribution is 5.74. The number of urea groups is 1. The minimum absolute atomic E-state index is 0.150. The zero-order valence-corrected chi connectivity index (χ0v) is 13.4. The molecule has 7 heteroatoms. The zero-order valence-electron chi connectivity index (χ0n) is 13.4. The smallest absolute Gasteiger partial charge is 0.315 e. The average molecular weight is 320 g/mol. The zero-order chi connectivity index (χ0) is 16.8. The van der Waals surface area contributed by atoms with Crippen LogP contribution in [0.2, 0.25) is 0 Å². The molecule has 124 valence electrons. The predicted molar refractivity (Wildman–Crippen MR) is 84.6 cm³/mol. The molecule has 2 amide bonds. The molecule has 6 nitrogen and oxygen atoms in total. The van der Waals surface area contributed by atoms with Gasteiger partial charge in [0.05, 0.1) is 18.8 Å². The van der Waals surface area contributed by atoms with Crippen molar-refractivity contribution in [1.82, 2.24) is 20.4 Å². The Morgan fingerprint density at radius 2 is 2.22 bits per heavy atom. The molecule has 0 aliphatic heterocycles. The van der Waals surface area contributed by atoms with Crippen LogP contribution in [0, 0.1) is 5.82 Å². The van der Waals surface area contributed by atoms with Crippen LogP contribution in [0.1, 0.15) is 25.5 Å². The molecule has 0 spiro atoms. The van der Waals surface area contributed by atoms with E-state index in [9.17, 15) is 9.18 Å². The summed E-state index contributed by atoms with van der Waals surface area (Å²) < 4.78 is 20.3. The van der Waals surface area contributed by atoms with E-state index in [2.05, 4.69) is 15.7 Å². The summed E-state index contributed by atoms with van der Waals surface area (Å²) >= 11 is 0. The van der Waals surface area contributed by atoms with Crippen molar-refractivity contribution in [2.24, 2.45) is 7.05 Å². The van der Waals surface area contributed by atoms with Gasteiger partial charge in [0, 0.05) is 24.9 Å². The molecule has 1 aromatic carbocycles. The summed E-state index contributed by atoms with van der Waals surface area (Å²) in [6.07, 6.45) is 3.28. The molecule has 0 unspecified atom stereocenters. The average Bonchev–Trinajstić information content (AvgIpc) is 2.92. The van der Waals surface area contributed by atoms with Crippen molar-refractivity contribution in [3.63, 3.8) is 0 Å². The van der Waals surface area contributed by atoms with Crippen molar-refractivity contribution < 1.29 is 13.9 Å². The summed E-state index contributed by atoms with van der Waals surface area (Å²) in [6, 6.07) is 5.46. The predicted octanol–water partition coefficient (Wildman–Crippen LogP) is 2.39. The highest BCUT2D eigenvalue weighted by Crippen LogP contribution is 2.13. The number of rotatable bonds is 6. The molecule has 1 heterocycles. The van der Waals surface area contributed by atoms with Gasteiger partial charge in [-0.3, -0.25) is 4.68 Å². The molecule has 0 bridgehead atoms. The van der Waals surface area contributed by atoms with Gasteiger partial charge in [-0.15, -0.1) is 0 Å². The van der Waals surface area contributed by atoms with E-state index in [-0.39, 0.29) is 24.0 Å². The van der Waals surface area contributed by atoms with Crippen LogP contribution in [0.5, 0.6) is 5.75 Å². The van der Waals surface area contributed by atoms with Crippen LogP contribution in [0.3, 0.4) is 0 Å². The van der Waals surface area contributed by atoms with Gasteiger partial charge >= 0.3 is 6.03 Å². The first-order valence-electron chi connectivity index (χ1n) is 7.39. The molecule has 1 aromatic heterocycles. The highest BCUT2D eigenvalue weighted by Gasteiger charge is 2.12. The second kappa shape index (κ2) is 7.62. The van der Waals surface area contributed by atoms with Crippen molar-refractivity contribution in [2.45, 2.75) is 26.0 Å². The van der Waals surface area contributed by atoms with Gasteiger partial charge in [0.2, 0.25) is 0 Å². The topological polar surface area (TPSA) is 68.2 Å². The first-order chi connectivity index (χ1) is 10.9. The van der Waals surface area contributed by atoms with Crippen LogP contribution >= 0.6 is 0 Å². The molecule has 0 radical (unpaired) electrons. The van der Waals surface area contributed by atoms with E-state index in [1.54, 1.807) is 29.9 Å². The molecular formula is C16H21FN4O2. The third-order valence-corrected chi connectivity index (χ3v) is 3.26. The third kappa shape index (κ3) is 5.28. The van der Waals surface area contributed by atoms with E-state index in [0.717, 1.165) is 5.56 Å². The molecule has 0 aliphatic rings. The van der Waals surface area contributed by atoms with Gasteiger partial charge < -0.3 is 15.4 Å². The second-order valence-electron chi connectivity index (χ2n) is 5.41. The van der Waals surface area contributed by atoms with E-state index in [1.165, 1.54) is 12.1 Å². The number of nitrogens with one attached hydrogen (secondary N) is 2. The van der Waals surface area contributed by atoms with Crippen LogP contribution in [-0.2, 0) is 7.05 Å². The van der Waals surface area contributed by atoms with Gasteiger partial charge in [-0.2, -0.15) is 5.10 Å². The largest absolute Gasteiger partial charge is 0.489 e. The van der Waals surface area contributed by atoms with Crippen LogP contribution in [0.15, 0.2) is 36.7 Å². The lowest BCUT2D eigenvalue weighted by Gasteiger charge is -2.17. The summed E-state index contributed by atoms with van der Waals surface area (Å²) in [5, 5.41) is 9.62. The maximum absolute atomic E-state index is 13.1. The lowest BCUT2D eigenvalue weighted by molar-refractivity contribution is 0.206. The van der Waals surface area contributed by atoms with Gasteiger partial charge in [0.1, 0.15) is 17.7 Å². The quantitative estimate of drug-likeness (QED) is 0.859. The summed E-state index contributed by atoms with van der Waals surface area (Å²) in [5.41, 5.74) is 0.923. The molecule has 0 aliphatic carbocycles. The minimum Gasteiger partial charge on any atom is -0.489 e. The lowest BCUT2D eigenvalue weighted by atomic mass is 10.2. The Balaban J connectivity index is 1.75. The van der Waals surface area contributed by atoms with Crippen molar-refractivity contribution in [3.05, 3.63) is 48.0 Å². The minimum atomic E-state index is -0.356. The van der Waals surface area contributed by atoms with Gasteiger partial charge in [0.25, 0.3) is 0 Å². The number of carbonyl (C=O) groups excluding carboxylic acids is 1. The number of hydrogen-bond acceptors (Lipinski definition) is 3. The summed E-state index contributed by atoms with van der Waals surface area (Å²) in [7, 11) is 1.82. The number of aryl methyl sites for hydroxylation is 1. The van der Waals surface area contributed by atoms with Gasteiger partial charge in [-0.1, -0.05) is 6.07 Å². The fraction of sp³-hybridized carbons (Fsp3) is 0.375. The number of ether oxygens (including phenoxy) is 1. The SMILES string of the molecule is C[C@H](CNC(=O)N[C@H](C)c1cnn(C)c1)Oc1cccc(F)c1. The fourth-order valence-corrected chi connectivity index (χ4v) is 2.05. The van der Waals surface area contributed by atoms with Crippen molar-refractivity contribution in [2.75, 3.05) is 6.54 Å². The molecule has 0 saturated heterocycles. The number of hydrogen-bond donors (Lipinski definition) is 2. The lowest BCUT2D eigenvalue weighted by Crippen LogP contribution is -2.41. The first kappa shape index (κ1) is 16.8. The van der Waals surface area contributed by atoms with Crippen LogP contribution in [-0.4, -0.2) is 28.5 Å². The number of aromatic nitrogens is 2. The number of amides is 2. The standard InChI is InChI=1S/C16H21FN4O2/c1-11(23-15-6-4-5-14(17)7-15)8-18-16(22)20-12(2)13-9-19-21(3)10-13/h4-7,9-12H,8H2,1-3H3,(H2,18,20,22)/t11-,12-/m1/s1. The van der Waals surface area contributed by atoms with Crippen molar-refractivity contribution in [3.8, 4) is 5.75 Å². The Kier molecular flexibility index (Phi) is 5.56. The maximum atomic E-state index is 13.1. The summed E-state index contributed by atoms with van der Waals surface area (Å²) in [6.45, 7) is 3.99. The van der Waals surface area contributed by atoms with Crippen molar-refractivity contribution >= 4 is 6.03 Å². The van der Waals surface area contributed by atoms with E-state index in [4.69, 9.17) is 4.74 Å². The molecule has 2 rings (SSSR count). The fourth-order valence-electron chi connectivity index (χ4n) is 2.05. The maximum Gasteiger partial charge on any atom is 0.315 e. The highest BCUT2D eigenvalue weighted by atomic mass is 19.1. The second-order valence-corrected chi connectivity index (χ2v) is 5.41. The Hall–Kier alpha value is -2.57. The van der Waals surface area contributed by atoms with E-state index < -0.39 is 0 Å². The van der Waals surface area contributed by atoms with Crippen LogP contribution in [0.4, 0.5) is 9.18 Å². The molecular weight excluding hydrogens is 299 g/mol. The molecule has 2 atom stereocenters. The molecule has 2 aromatic rings. The molecule has 0 fully saturated rings. The van der Waals surface area contributed by atoms with Crippen molar-refractivity contribution in [1.29, 1.82) is 0 Å². The number of halogens is 1. The van der Waals surface area contributed by atoms with Gasteiger partial charge in [-0.05, 0) is 26.0 Å². The normalized spacial score (nSPS) is 13.2. The third-order valence-electron chi connectivity index (χ3n) is 3.26. The van der Waals surface area contributed by atoms with E-state index in [1.807, 2.05) is 20.2 Å². The van der Waals surface area contributed by atoms with Gasteiger partial charge in [-0.25, -0.2) is 9.18 Å². The van der Waals surface area contributed by atoms with E-state index >= 15 is 0 Å². The summed E-state index contributed by atoms with van der Waals surface area (Å²) in [4.78, 5) is 11.9. The van der Waals surface area contributed by atoms with Gasteiger partial charge in [0.15, 0.2) is 0 Å². The molecule has 2 N–H and O–H groups in total. The Bertz CT molecular complexity index is 659. The Morgan fingerprint density at radius 3 is 2.87 bits per heavy atom. The number of benzene rings is 1. The molecule has 0 saturated carbocycles. The first-order valence-corrected chi connectivity index (χ1v) is 7.39. The van der Waals surface area contributed by atoms with Crippen LogP contribution in [0.25, 0.3) is 0 Å². The number of carbonyl (C=O) groups is 1. The van der Waals surface area contributed by atoms with E-state index in [0.29, 0.717) is 12.3 Å². The Labute approximate surface area is 134 Å². The number of nitrogens with zero attached hydrogens (tertiary/aromatic N) is 2. The Morgan fingerprint density at radius 1 is 1.43 bits per heavy atom. The molecule has 23 heavy (non-hydrogen) atoms. The van der Waals surface area contributed by atoms with Crippen LogP contribution < -0.4 is 15.4 Å².